The monoisotopic (exact) mass is 320 g/mol. The number of Topliss-reactive ketones (excluding diaryl/α,β-unsaturated/α-hetero) is 1. The number of ketones is 1. The van der Waals surface area contributed by atoms with Gasteiger partial charge >= 0.3 is 0 Å². The number of allylic oxidation sites excluding steroid dienone is 2. The van der Waals surface area contributed by atoms with Gasteiger partial charge in [-0.1, -0.05) is 47.0 Å². The van der Waals surface area contributed by atoms with E-state index in [1.165, 1.54) is 6.42 Å². The van der Waals surface area contributed by atoms with Gasteiger partial charge in [0.2, 0.25) is 0 Å². The van der Waals surface area contributed by atoms with E-state index in [4.69, 9.17) is 0 Å². The molecule has 2 aliphatic rings. The van der Waals surface area contributed by atoms with Gasteiger partial charge in [-0.15, -0.1) is 0 Å². The average Bonchev–Trinajstić information content (AvgIpc) is 2.56. The number of hydrogen-bond acceptors (Lipinski definition) is 2. The Labute approximate surface area is 142 Å². The molecule has 0 unspecified atom stereocenters. The third kappa shape index (κ3) is 3.67. The van der Waals surface area contributed by atoms with Crippen LogP contribution in [0.5, 0.6) is 0 Å². The van der Waals surface area contributed by atoms with Crippen molar-refractivity contribution >= 4 is 5.78 Å². The first-order valence-electron chi connectivity index (χ1n) is 9.61. The maximum Gasteiger partial charge on any atom is 0.168 e. The van der Waals surface area contributed by atoms with Gasteiger partial charge in [0.05, 0.1) is 0 Å². The molecule has 0 bridgehead atoms. The first-order valence-corrected chi connectivity index (χ1v) is 9.61. The molecule has 2 nitrogen and oxygen atoms in total. The second-order valence-corrected chi connectivity index (χ2v) is 9.22. The van der Waals surface area contributed by atoms with Crippen molar-refractivity contribution in [3.63, 3.8) is 0 Å². The molecule has 23 heavy (non-hydrogen) atoms. The molecule has 2 fully saturated rings. The highest BCUT2D eigenvalue weighted by Gasteiger charge is 2.43. The van der Waals surface area contributed by atoms with E-state index in [1.807, 2.05) is 6.92 Å². The lowest BCUT2D eigenvalue weighted by atomic mass is 9.63. The van der Waals surface area contributed by atoms with Crippen molar-refractivity contribution in [1.82, 2.24) is 0 Å². The molecule has 0 amide bonds. The van der Waals surface area contributed by atoms with E-state index in [-0.39, 0.29) is 16.6 Å². The van der Waals surface area contributed by atoms with Gasteiger partial charge in [-0.2, -0.15) is 0 Å². The third-order valence-corrected chi connectivity index (χ3v) is 6.94. The summed E-state index contributed by atoms with van der Waals surface area (Å²) in [6.45, 7) is 10.8. The Morgan fingerprint density at radius 1 is 0.913 bits per heavy atom. The van der Waals surface area contributed by atoms with Crippen LogP contribution in [0.15, 0.2) is 11.3 Å². The van der Waals surface area contributed by atoms with Gasteiger partial charge in [-0.05, 0) is 57.3 Å². The van der Waals surface area contributed by atoms with Crippen molar-refractivity contribution in [1.29, 1.82) is 0 Å². The summed E-state index contributed by atoms with van der Waals surface area (Å²) in [6.07, 6.45) is 10.6. The summed E-state index contributed by atoms with van der Waals surface area (Å²) < 4.78 is 0. The summed E-state index contributed by atoms with van der Waals surface area (Å²) in [5.41, 5.74) is 0.599. The molecular formula is C21H36O2. The van der Waals surface area contributed by atoms with Crippen LogP contribution >= 0.6 is 0 Å². The molecule has 0 aliphatic heterocycles. The molecule has 0 aromatic heterocycles. The minimum Gasteiger partial charge on any atom is -0.511 e. The maximum atomic E-state index is 13.2. The number of aliphatic hydroxyl groups excluding tert-OH is 1. The summed E-state index contributed by atoms with van der Waals surface area (Å²) in [5, 5.41) is 10.9. The molecule has 0 atom stereocenters. The van der Waals surface area contributed by atoms with Crippen LogP contribution in [-0.4, -0.2) is 10.9 Å². The van der Waals surface area contributed by atoms with Crippen molar-refractivity contribution in [3.8, 4) is 0 Å². The molecule has 132 valence electrons. The van der Waals surface area contributed by atoms with Gasteiger partial charge in [-0.3, -0.25) is 4.79 Å². The zero-order valence-electron chi connectivity index (χ0n) is 15.9. The van der Waals surface area contributed by atoms with E-state index in [2.05, 4.69) is 27.7 Å². The zero-order valence-corrected chi connectivity index (χ0v) is 15.9. The highest BCUT2D eigenvalue weighted by atomic mass is 16.3. The SMILES string of the molecule is CCC1(C(=O)/C(C)=C(\O)C2(C)CCC(C)(C)CC2)CCCCC1. The van der Waals surface area contributed by atoms with Crippen LogP contribution in [0.25, 0.3) is 0 Å². The summed E-state index contributed by atoms with van der Waals surface area (Å²) in [4.78, 5) is 13.2. The van der Waals surface area contributed by atoms with E-state index < -0.39 is 0 Å². The predicted octanol–water partition coefficient (Wildman–Crippen LogP) is 6.35. The van der Waals surface area contributed by atoms with Crippen molar-refractivity contribution in [2.75, 3.05) is 0 Å². The highest BCUT2D eigenvalue weighted by Crippen LogP contribution is 2.50. The maximum absolute atomic E-state index is 13.2. The van der Waals surface area contributed by atoms with E-state index in [9.17, 15) is 9.90 Å². The number of carbonyl (C=O) groups excluding carboxylic acids is 1. The standard InChI is InChI=1S/C21H36O2/c1-6-21(10-8-7-9-11-21)18(23)16(2)17(22)20(5)14-12-19(3,4)13-15-20/h22H,6-15H2,1-5H3/b17-16-. The lowest BCUT2D eigenvalue weighted by molar-refractivity contribution is -0.127. The fourth-order valence-electron chi connectivity index (χ4n) is 4.64. The van der Waals surface area contributed by atoms with Crippen LogP contribution in [0, 0.1) is 16.2 Å². The van der Waals surface area contributed by atoms with Crippen molar-refractivity contribution < 1.29 is 9.90 Å². The lowest BCUT2D eigenvalue weighted by Gasteiger charge is -2.42. The smallest absolute Gasteiger partial charge is 0.168 e. The highest BCUT2D eigenvalue weighted by molar-refractivity contribution is 6.00. The lowest BCUT2D eigenvalue weighted by Crippen LogP contribution is -2.36. The van der Waals surface area contributed by atoms with Crippen molar-refractivity contribution in [3.05, 3.63) is 11.3 Å². The molecule has 0 heterocycles. The second-order valence-electron chi connectivity index (χ2n) is 9.22. The van der Waals surface area contributed by atoms with E-state index >= 15 is 0 Å². The Balaban J connectivity index is 2.23. The van der Waals surface area contributed by atoms with Gasteiger partial charge in [0.15, 0.2) is 5.78 Å². The molecule has 0 aromatic carbocycles. The van der Waals surface area contributed by atoms with Gasteiger partial charge in [0.25, 0.3) is 0 Å². The molecule has 0 spiro atoms. The van der Waals surface area contributed by atoms with Gasteiger partial charge in [0, 0.05) is 16.4 Å². The van der Waals surface area contributed by atoms with Crippen LogP contribution in [-0.2, 0) is 4.79 Å². The molecule has 2 heteroatoms. The summed E-state index contributed by atoms with van der Waals surface area (Å²) >= 11 is 0. The van der Waals surface area contributed by atoms with Crippen LogP contribution in [0.2, 0.25) is 0 Å². The fraction of sp³-hybridized carbons (Fsp3) is 0.857. The van der Waals surface area contributed by atoms with Crippen LogP contribution in [0.3, 0.4) is 0 Å². The molecule has 2 aliphatic carbocycles. The van der Waals surface area contributed by atoms with Gasteiger partial charge < -0.3 is 5.11 Å². The Morgan fingerprint density at radius 3 is 1.91 bits per heavy atom. The molecule has 0 saturated heterocycles. The molecule has 2 rings (SSSR count). The molecular weight excluding hydrogens is 284 g/mol. The quantitative estimate of drug-likeness (QED) is 0.483. The van der Waals surface area contributed by atoms with Crippen LogP contribution < -0.4 is 0 Å². The topological polar surface area (TPSA) is 37.3 Å². The minimum atomic E-state index is -0.209. The third-order valence-electron chi connectivity index (χ3n) is 6.94. The Kier molecular flexibility index (Phi) is 5.33. The van der Waals surface area contributed by atoms with Gasteiger partial charge in [0.1, 0.15) is 5.76 Å². The first-order chi connectivity index (χ1) is 10.7. The Hall–Kier alpha value is -0.790. The Morgan fingerprint density at radius 2 is 1.43 bits per heavy atom. The molecule has 0 aromatic rings. The molecule has 0 radical (unpaired) electrons. The first kappa shape index (κ1) is 18.5. The largest absolute Gasteiger partial charge is 0.511 e. The number of aliphatic hydroxyl groups is 1. The molecule has 2 saturated carbocycles. The number of rotatable bonds is 4. The Bertz CT molecular complexity index is 468. The van der Waals surface area contributed by atoms with E-state index in [1.54, 1.807) is 0 Å². The fourth-order valence-corrected chi connectivity index (χ4v) is 4.64. The summed E-state index contributed by atoms with van der Waals surface area (Å²) in [6, 6.07) is 0. The predicted molar refractivity (Wildman–Crippen MR) is 96.5 cm³/mol. The number of carbonyl (C=O) groups is 1. The van der Waals surface area contributed by atoms with Crippen LogP contribution in [0.4, 0.5) is 0 Å². The summed E-state index contributed by atoms with van der Waals surface area (Å²) in [7, 11) is 0. The number of hydrogen-bond donors (Lipinski definition) is 1. The summed E-state index contributed by atoms with van der Waals surface area (Å²) in [5.74, 6) is 0.611. The zero-order chi connectivity index (χ0) is 17.3. The second kappa shape index (κ2) is 6.61. The van der Waals surface area contributed by atoms with E-state index in [0.717, 1.165) is 57.8 Å². The van der Waals surface area contributed by atoms with E-state index in [0.29, 0.717) is 16.7 Å². The van der Waals surface area contributed by atoms with Crippen molar-refractivity contribution in [2.45, 2.75) is 98.8 Å². The normalized spacial score (nSPS) is 27.2. The van der Waals surface area contributed by atoms with Crippen molar-refractivity contribution in [2.24, 2.45) is 16.2 Å². The minimum absolute atomic E-state index is 0.208. The van der Waals surface area contributed by atoms with Crippen LogP contribution in [0.1, 0.15) is 98.8 Å². The average molecular weight is 321 g/mol. The molecule has 1 N–H and O–H groups in total. The van der Waals surface area contributed by atoms with Gasteiger partial charge in [-0.25, -0.2) is 0 Å².